The molecular weight excluding hydrogens is 286 g/mol. The number of hydrogen-bond acceptors (Lipinski definition) is 4. The zero-order valence-electron chi connectivity index (χ0n) is 12.1. The first kappa shape index (κ1) is 15.5. The minimum atomic E-state index is -3.59. The van der Waals surface area contributed by atoms with E-state index in [-0.39, 0.29) is 10.9 Å². The van der Waals surface area contributed by atoms with E-state index < -0.39 is 10.0 Å². The van der Waals surface area contributed by atoms with Crippen LogP contribution < -0.4 is 10.0 Å². The van der Waals surface area contributed by atoms with E-state index in [1.165, 1.54) is 6.20 Å². The Morgan fingerprint density at radius 2 is 1.86 bits per heavy atom. The fraction of sp³-hybridized carbons (Fsp3) is 0.267. The number of sulfonamides is 1. The second-order valence-corrected chi connectivity index (χ2v) is 6.34. The van der Waals surface area contributed by atoms with Gasteiger partial charge in [-0.25, -0.2) is 18.1 Å². The molecule has 0 amide bonds. The van der Waals surface area contributed by atoms with Crippen LogP contribution in [0.2, 0.25) is 0 Å². The Labute approximate surface area is 125 Å². The summed E-state index contributed by atoms with van der Waals surface area (Å²) in [5.41, 5.74) is 0.948. The van der Waals surface area contributed by atoms with Gasteiger partial charge in [-0.05, 0) is 24.1 Å². The zero-order valence-corrected chi connectivity index (χ0v) is 12.9. The Morgan fingerprint density at radius 3 is 2.38 bits per heavy atom. The summed E-state index contributed by atoms with van der Waals surface area (Å²) in [4.78, 5) is 4.20. The average Bonchev–Trinajstić information content (AvgIpc) is 2.53. The van der Waals surface area contributed by atoms with Crippen molar-refractivity contribution < 1.29 is 8.42 Å². The van der Waals surface area contributed by atoms with Gasteiger partial charge in [0.25, 0.3) is 0 Å². The molecule has 0 saturated heterocycles. The third kappa shape index (κ3) is 3.80. The summed E-state index contributed by atoms with van der Waals surface area (Å²) in [6.45, 7) is 1.95. The van der Waals surface area contributed by atoms with E-state index in [0.29, 0.717) is 12.2 Å². The van der Waals surface area contributed by atoms with Crippen LogP contribution in [0, 0.1) is 0 Å². The maximum atomic E-state index is 12.4. The van der Waals surface area contributed by atoms with E-state index >= 15 is 0 Å². The molecule has 1 heterocycles. The van der Waals surface area contributed by atoms with Crippen molar-refractivity contribution in [3.8, 4) is 0 Å². The lowest BCUT2D eigenvalue weighted by Crippen LogP contribution is -2.28. The molecule has 1 aromatic heterocycles. The zero-order chi connectivity index (χ0) is 15.3. The highest BCUT2D eigenvalue weighted by atomic mass is 32.2. The van der Waals surface area contributed by atoms with Gasteiger partial charge >= 0.3 is 0 Å². The number of benzene rings is 1. The molecule has 0 saturated carbocycles. The van der Waals surface area contributed by atoms with Crippen LogP contribution in [0.15, 0.2) is 53.6 Å². The molecule has 21 heavy (non-hydrogen) atoms. The molecule has 0 spiro atoms. The van der Waals surface area contributed by atoms with Gasteiger partial charge in [-0.3, -0.25) is 0 Å². The topological polar surface area (TPSA) is 71.1 Å². The lowest BCUT2D eigenvalue weighted by molar-refractivity contribution is 0.550. The van der Waals surface area contributed by atoms with Crippen molar-refractivity contribution in [1.82, 2.24) is 9.71 Å². The smallest absolute Gasteiger partial charge is 0.242 e. The number of hydrogen-bond donors (Lipinski definition) is 2. The lowest BCUT2D eigenvalue weighted by atomic mass is 10.1. The monoisotopic (exact) mass is 305 g/mol. The molecule has 0 aliphatic carbocycles. The molecule has 6 heteroatoms. The maximum Gasteiger partial charge on any atom is 0.242 e. The van der Waals surface area contributed by atoms with Gasteiger partial charge in [0.05, 0.1) is 0 Å². The van der Waals surface area contributed by atoms with Gasteiger partial charge in [0, 0.05) is 19.3 Å². The van der Waals surface area contributed by atoms with E-state index in [9.17, 15) is 8.42 Å². The van der Waals surface area contributed by atoms with Crippen LogP contribution >= 0.6 is 0 Å². The van der Waals surface area contributed by atoms with E-state index in [1.54, 1.807) is 19.2 Å². The molecular formula is C15H19N3O2S. The summed E-state index contributed by atoms with van der Waals surface area (Å²) < 4.78 is 27.5. The van der Waals surface area contributed by atoms with Crippen molar-refractivity contribution in [2.24, 2.45) is 0 Å². The van der Waals surface area contributed by atoms with Gasteiger partial charge in [-0.15, -0.1) is 0 Å². The fourth-order valence-electron chi connectivity index (χ4n) is 2.01. The number of nitrogens with one attached hydrogen (secondary N) is 2. The van der Waals surface area contributed by atoms with Crippen LogP contribution in [0.25, 0.3) is 0 Å². The Kier molecular flexibility index (Phi) is 4.93. The predicted molar refractivity (Wildman–Crippen MR) is 83.6 cm³/mol. The molecule has 2 rings (SSSR count). The second kappa shape index (κ2) is 6.69. The summed E-state index contributed by atoms with van der Waals surface area (Å²) in [6.07, 6.45) is 2.02. The highest BCUT2D eigenvalue weighted by Crippen LogP contribution is 2.20. The van der Waals surface area contributed by atoms with Gasteiger partial charge in [0.2, 0.25) is 10.0 Å². The predicted octanol–water partition coefficient (Wildman–Crippen LogP) is 2.55. The van der Waals surface area contributed by atoms with Crippen LogP contribution in [0.4, 0.5) is 5.82 Å². The maximum absolute atomic E-state index is 12.4. The van der Waals surface area contributed by atoms with Crippen molar-refractivity contribution in [2.45, 2.75) is 24.3 Å². The van der Waals surface area contributed by atoms with Gasteiger partial charge in [0.1, 0.15) is 10.7 Å². The Hall–Kier alpha value is -1.92. The van der Waals surface area contributed by atoms with Gasteiger partial charge < -0.3 is 5.32 Å². The SMILES string of the molecule is CCC(NS(=O)(=O)c1ccc(NC)nc1)c1ccccc1. The quantitative estimate of drug-likeness (QED) is 0.860. The minimum absolute atomic E-state index is 0.163. The van der Waals surface area contributed by atoms with Crippen molar-refractivity contribution in [1.29, 1.82) is 0 Å². The van der Waals surface area contributed by atoms with Crippen LogP contribution in [0.5, 0.6) is 0 Å². The molecule has 5 nitrogen and oxygen atoms in total. The van der Waals surface area contributed by atoms with Crippen molar-refractivity contribution in [3.63, 3.8) is 0 Å². The summed E-state index contributed by atoms with van der Waals surface area (Å²) in [7, 11) is -1.85. The Bertz CT molecular complexity index is 670. The molecule has 0 bridgehead atoms. The molecule has 0 fully saturated rings. The lowest BCUT2D eigenvalue weighted by Gasteiger charge is -2.17. The number of rotatable bonds is 6. The Morgan fingerprint density at radius 1 is 1.14 bits per heavy atom. The normalized spacial score (nSPS) is 12.9. The molecule has 112 valence electrons. The molecule has 0 aliphatic heterocycles. The fourth-order valence-corrected chi connectivity index (χ4v) is 3.27. The molecule has 0 aliphatic rings. The van der Waals surface area contributed by atoms with Crippen LogP contribution in [-0.4, -0.2) is 20.4 Å². The highest BCUT2D eigenvalue weighted by Gasteiger charge is 2.20. The largest absolute Gasteiger partial charge is 0.373 e. The van der Waals surface area contributed by atoms with E-state index in [1.807, 2.05) is 37.3 Å². The summed E-state index contributed by atoms with van der Waals surface area (Å²) in [6, 6.07) is 12.5. The van der Waals surface area contributed by atoms with E-state index in [0.717, 1.165) is 5.56 Å². The van der Waals surface area contributed by atoms with Crippen LogP contribution in [-0.2, 0) is 10.0 Å². The summed E-state index contributed by atoms with van der Waals surface area (Å²) in [5, 5.41) is 2.86. The average molecular weight is 305 g/mol. The Balaban J connectivity index is 2.22. The third-order valence-corrected chi connectivity index (χ3v) is 4.67. The number of aromatic nitrogens is 1. The first-order valence-electron chi connectivity index (χ1n) is 6.78. The van der Waals surface area contributed by atoms with E-state index in [2.05, 4.69) is 15.0 Å². The van der Waals surface area contributed by atoms with Crippen molar-refractivity contribution >= 4 is 15.8 Å². The van der Waals surface area contributed by atoms with Gasteiger partial charge in [-0.2, -0.15) is 0 Å². The number of anilines is 1. The first-order chi connectivity index (χ1) is 10.1. The summed E-state index contributed by atoms with van der Waals surface area (Å²) in [5.74, 6) is 0.629. The second-order valence-electron chi connectivity index (χ2n) is 4.62. The van der Waals surface area contributed by atoms with Crippen molar-refractivity contribution in [2.75, 3.05) is 12.4 Å². The van der Waals surface area contributed by atoms with Gasteiger partial charge in [-0.1, -0.05) is 37.3 Å². The molecule has 2 N–H and O–H groups in total. The molecule has 1 unspecified atom stereocenters. The highest BCUT2D eigenvalue weighted by molar-refractivity contribution is 7.89. The number of pyridine rings is 1. The standard InChI is InChI=1S/C15H19N3O2S/c1-3-14(12-7-5-4-6-8-12)18-21(19,20)13-9-10-15(16-2)17-11-13/h4-11,14,18H,3H2,1-2H3,(H,16,17). The van der Waals surface area contributed by atoms with Crippen LogP contribution in [0.1, 0.15) is 24.9 Å². The third-order valence-electron chi connectivity index (χ3n) is 3.21. The molecule has 1 atom stereocenters. The molecule has 1 aromatic carbocycles. The first-order valence-corrected chi connectivity index (χ1v) is 8.26. The van der Waals surface area contributed by atoms with Crippen molar-refractivity contribution in [3.05, 3.63) is 54.2 Å². The molecule has 2 aromatic rings. The summed E-state index contributed by atoms with van der Waals surface area (Å²) >= 11 is 0. The number of nitrogens with zero attached hydrogens (tertiary/aromatic N) is 1. The van der Waals surface area contributed by atoms with Gasteiger partial charge in [0.15, 0.2) is 0 Å². The van der Waals surface area contributed by atoms with E-state index in [4.69, 9.17) is 0 Å². The molecule has 0 radical (unpaired) electrons. The van der Waals surface area contributed by atoms with Crippen LogP contribution in [0.3, 0.4) is 0 Å². The minimum Gasteiger partial charge on any atom is -0.373 e.